The highest BCUT2D eigenvalue weighted by Crippen LogP contribution is 2.38. The van der Waals surface area contributed by atoms with E-state index in [1.165, 1.54) is 6.08 Å². The van der Waals surface area contributed by atoms with Crippen LogP contribution in [0.15, 0.2) is 40.8 Å². The molecule has 0 saturated carbocycles. The number of aliphatic hydroxyl groups is 3. The van der Waals surface area contributed by atoms with E-state index in [9.17, 15) is 25.4 Å². The fourth-order valence-electron chi connectivity index (χ4n) is 4.48. The Bertz CT molecular complexity index is 931. The lowest BCUT2D eigenvalue weighted by molar-refractivity contribution is -0.165. The third-order valence-corrected chi connectivity index (χ3v) is 7.68. The molecule has 9 heteroatoms. The Morgan fingerprint density at radius 2 is 1.94 bits per heavy atom. The molecule has 2 fully saturated rings. The molecule has 8 nitrogen and oxygen atoms in total. The number of nitrogens with one attached hydrogen (secondary N) is 1. The first-order valence-electron chi connectivity index (χ1n) is 12.0. The van der Waals surface area contributed by atoms with Crippen molar-refractivity contribution < 1.29 is 29.6 Å². The Morgan fingerprint density at radius 1 is 1.26 bits per heavy atom. The number of carbonyl (C=O) groups excluding carboxylic acids is 1. The van der Waals surface area contributed by atoms with Crippen molar-refractivity contribution in [2.75, 3.05) is 12.9 Å². The molecule has 0 radical (unpaired) electrons. The molecule has 1 unspecified atom stereocenters. The summed E-state index contributed by atoms with van der Waals surface area (Å²) < 4.78 is 11.5. The van der Waals surface area contributed by atoms with E-state index in [1.54, 1.807) is 25.6 Å². The molecule has 3 rings (SSSR count). The van der Waals surface area contributed by atoms with E-state index in [1.807, 2.05) is 37.4 Å². The second kappa shape index (κ2) is 12.3. The van der Waals surface area contributed by atoms with Crippen LogP contribution in [-0.4, -0.2) is 70.7 Å². The SMILES string of the molecule is CSc1ccc(C(C#N)NC(=O)/C=C(\C)C[C@@H]2OC[C@H](C[C@@H]3O[C@H]3[C@@H](C)[C@H](C)O)[C@@H](O)[C@H]2O)cc1. The van der Waals surface area contributed by atoms with Gasteiger partial charge in [0.25, 0.3) is 0 Å². The molecule has 0 spiro atoms. The minimum absolute atomic E-state index is 0.00796. The maximum absolute atomic E-state index is 12.5. The molecule has 2 aliphatic rings. The largest absolute Gasteiger partial charge is 0.393 e. The van der Waals surface area contributed by atoms with Crippen LogP contribution in [0.25, 0.3) is 0 Å². The van der Waals surface area contributed by atoms with Gasteiger partial charge in [-0.25, -0.2) is 0 Å². The molecule has 0 bridgehead atoms. The van der Waals surface area contributed by atoms with Gasteiger partial charge in [-0.3, -0.25) is 4.79 Å². The van der Waals surface area contributed by atoms with Crippen LogP contribution in [0.4, 0.5) is 0 Å². The van der Waals surface area contributed by atoms with Gasteiger partial charge in [0.15, 0.2) is 0 Å². The second-order valence-corrected chi connectivity index (χ2v) is 10.5. The Balaban J connectivity index is 1.50. The van der Waals surface area contributed by atoms with Gasteiger partial charge in [-0.2, -0.15) is 5.26 Å². The molecule has 0 aromatic heterocycles. The molecule has 35 heavy (non-hydrogen) atoms. The number of ether oxygens (including phenoxy) is 2. The minimum atomic E-state index is -1.09. The van der Waals surface area contributed by atoms with Gasteiger partial charge in [-0.05, 0) is 50.6 Å². The molecule has 1 aromatic rings. The number of nitrogens with zero attached hydrogens (tertiary/aromatic N) is 1. The summed E-state index contributed by atoms with van der Waals surface area (Å²) in [6, 6.07) is 8.78. The Morgan fingerprint density at radius 3 is 2.54 bits per heavy atom. The zero-order valence-corrected chi connectivity index (χ0v) is 21.4. The van der Waals surface area contributed by atoms with E-state index in [-0.39, 0.29) is 37.1 Å². The van der Waals surface area contributed by atoms with Crippen molar-refractivity contribution in [3.05, 3.63) is 41.5 Å². The van der Waals surface area contributed by atoms with Gasteiger partial charge in [0.05, 0.1) is 43.2 Å². The zero-order chi connectivity index (χ0) is 25.7. The van der Waals surface area contributed by atoms with Crippen LogP contribution in [0.5, 0.6) is 0 Å². The van der Waals surface area contributed by atoms with E-state index in [0.717, 1.165) is 4.90 Å². The standard InChI is InChI=1S/C26H36N2O6S/c1-14(10-23(30)28-20(12-27)17-5-7-19(35-4)8-6-17)9-21-25(32)24(31)18(13-33-21)11-22-26(34-22)15(2)16(3)29/h5-8,10,15-16,18,20-22,24-26,29,31-32H,9,11,13H2,1-4H3,(H,28,30)/b14-10+/t15-,16-,18-,20?,21-,22-,24+,25-,26-/m0/s1. The Hall–Kier alpha value is -1.93. The maximum atomic E-state index is 12.5. The van der Waals surface area contributed by atoms with Gasteiger partial charge in [-0.1, -0.05) is 24.6 Å². The molecule has 0 aliphatic carbocycles. The first kappa shape index (κ1) is 27.7. The molecule has 2 saturated heterocycles. The predicted octanol–water partition coefficient (Wildman–Crippen LogP) is 2.34. The number of carbonyl (C=O) groups is 1. The first-order valence-corrected chi connectivity index (χ1v) is 13.2. The van der Waals surface area contributed by atoms with Crippen LogP contribution < -0.4 is 5.32 Å². The van der Waals surface area contributed by atoms with Crippen LogP contribution in [0.1, 0.15) is 45.2 Å². The number of hydrogen-bond donors (Lipinski definition) is 4. The van der Waals surface area contributed by atoms with Gasteiger partial charge < -0.3 is 30.1 Å². The van der Waals surface area contributed by atoms with Crippen LogP contribution in [0.3, 0.4) is 0 Å². The highest BCUT2D eigenvalue weighted by molar-refractivity contribution is 7.98. The third kappa shape index (κ3) is 7.29. The van der Waals surface area contributed by atoms with Crippen molar-refractivity contribution in [2.45, 2.75) is 81.2 Å². The average molecular weight is 505 g/mol. The maximum Gasteiger partial charge on any atom is 0.245 e. The summed E-state index contributed by atoms with van der Waals surface area (Å²) >= 11 is 1.60. The first-order chi connectivity index (χ1) is 16.6. The smallest absolute Gasteiger partial charge is 0.245 e. The van der Waals surface area contributed by atoms with Crippen molar-refractivity contribution >= 4 is 17.7 Å². The summed E-state index contributed by atoms with van der Waals surface area (Å²) in [4.78, 5) is 13.6. The monoisotopic (exact) mass is 504 g/mol. The molecule has 4 N–H and O–H groups in total. The number of benzene rings is 1. The number of rotatable bonds is 10. The van der Waals surface area contributed by atoms with Crippen molar-refractivity contribution in [1.82, 2.24) is 5.32 Å². The fourth-order valence-corrected chi connectivity index (χ4v) is 4.89. The summed E-state index contributed by atoms with van der Waals surface area (Å²) in [5, 5.41) is 43.2. The van der Waals surface area contributed by atoms with Crippen LogP contribution in [0, 0.1) is 23.2 Å². The topological polar surface area (TPSA) is 135 Å². The lowest BCUT2D eigenvalue weighted by Gasteiger charge is -2.38. The number of amides is 1. The third-order valence-electron chi connectivity index (χ3n) is 6.94. The Kier molecular flexibility index (Phi) is 9.76. The number of hydrogen-bond acceptors (Lipinski definition) is 8. The minimum Gasteiger partial charge on any atom is -0.393 e. The van der Waals surface area contributed by atoms with E-state index >= 15 is 0 Å². The van der Waals surface area contributed by atoms with Gasteiger partial charge in [-0.15, -0.1) is 11.8 Å². The lowest BCUT2D eigenvalue weighted by atomic mass is 9.85. The highest BCUT2D eigenvalue weighted by Gasteiger charge is 2.48. The normalized spacial score (nSPS) is 31.2. The summed E-state index contributed by atoms with van der Waals surface area (Å²) in [6.07, 6.45) is 0.944. The van der Waals surface area contributed by atoms with Crippen molar-refractivity contribution in [2.24, 2.45) is 11.8 Å². The lowest BCUT2D eigenvalue weighted by Crippen LogP contribution is -2.50. The molecular formula is C26H36N2O6S. The van der Waals surface area contributed by atoms with Crippen LogP contribution >= 0.6 is 11.8 Å². The fraction of sp³-hybridized carbons (Fsp3) is 0.615. The van der Waals surface area contributed by atoms with E-state index in [0.29, 0.717) is 17.6 Å². The predicted molar refractivity (Wildman–Crippen MR) is 132 cm³/mol. The van der Waals surface area contributed by atoms with Crippen molar-refractivity contribution in [1.29, 1.82) is 5.26 Å². The zero-order valence-electron chi connectivity index (χ0n) is 20.6. The summed E-state index contributed by atoms with van der Waals surface area (Å²) in [5.74, 6) is -0.664. The number of aliphatic hydroxyl groups excluding tert-OH is 3. The molecule has 192 valence electrons. The molecular weight excluding hydrogens is 468 g/mol. The molecule has 2 aliphatic heterocycles. The van der Waals surface area contributed by atoms with Gasteiger partial charge in [0.1, 0.15) is 12.1 Å². The average Bonchev–Trinajstić information content (AvgIpc) is 3.60. The number of nitriles is 1. The van der Waals surface area contributed by atoms with Crippen LogP contribution in [0.2, 0.25) is 0 Å². The van der Waals surface area contributed by atoms with E-state index in [4.69, 9.17) is 9.47 Å². The van der Waals surface area contributed by atoms with Crippen molar-refractivity contribution in [3.8, 4) is 6.07 Å². The number of thioether (sulfide) groups is 1. The van der Waals surface area contributed by atoms with Crippen LogP contribution in [-0.2, 0) is 14.3 Å². The van der Waals surface area contributed by atoms with E-state index < -0.39 is 36.4 Å². The second-order valence-electron chi connectivity index (χ2n) is 9.63. The van der Waals surface area contributed by atoms with E-state index in [2.05, 4.69) is 11.4 Å². The molecule has 1 aromatic carbocycles. The van der Waals surface area contributed by atoms with Gasteiger partial charge in [0.2, 0.25) is 5.91 Å². The van der Waals surface area contributed by atoms with Crippen molar-refractivity contribution in [3.63, 3.8) is 0 Å². The quantitative estimate of drug-likeness (QED) is 0.217. The molecule has 1 amide bonds. The summed E-state index contributed by atoms with van der Waals surface area (Å²) in [7, 11) is 0. The number of epoxide rings is 1. The highest BCUT2D eigenvalue weighted by atomic mass is 32.2. The molecule has 9 atom stereocenters. The van der Waals surface area contributed by atoms with Gasteiger partial charge >= 0.3 is 0 Å². The van der Waals surface area contributed by atoms with Gasteiger partial charge in [0, 0.05) is 22.8 Å². The summed E-state index contributed by atoms with van der Waals surface area (Å²) in [5.41, 5.74) is 1.37. The summed E-state index contributed by atoms with van der Waals surface area (Å²) in [6.45, 7) is 5.69. The molecule has 2 heterocycles. The Labute approximate surface area is 211 Å².